The Morgan fingerprint density at radius 1 is 1.14 bits per heavy atom. The van der Waals surface area contributed by atoms with Crippen molar-refractivity contribution in [3.63, 3.8) is 0 Å². The van der Waals surface area contributed by atoms with Crippen molar-refractivity contribution in [3.8, 4) is 18.1 Å². The molecule has 0 radical (unpaired) electrons. The minimum Gasteiger partial charge on any atom is -0.467 e. The zero-order valence-electron chi connectivity index (χ0n) is 14.8. The highest BCUT2D eigenvalue weighted by Crippen LogP contribution is 2.40. The average Bonchev–Trinajstić information content (AvgIpc) is 2.41. The molecule has 1 atom stereocenters. The minimum absolute atomic E-state index is 0.0527. The smallest absolute Gasteiger partial charge is 0.188 e. The average molecular weight is 304 g/mol. The number of aliphatic hydroxyl groups is 1. The third kappa shape index (κ3) is 4.25. The topological polar surface area (TPSA) is 38.7 Å². The van der Waals surface area contributed by atoms with Gasteiger partial charge in [-0.05, 0) is 22.5 Å². The molecule has 0 bridgehead atoms. The van der Waals surface area contributed by atoms with E-state index < -0.39 is 6.10 Å². The van der Waals surface area contributed by atoms with Crippen molar-refractivity contribution in [3.05, 3.63) is 28.8 Å². The Hall–Kier alpha value is -1.50. The van der Waals surface area contributed by atoms with Gasteiger partial charge in [-0.25, -0.2) is 0 Å². The van der Waals surface area contributed by atoms with Gasteiger partial charge in [0.1, 0.15) is 11.9 Å². The molecular formula is C19H28O3. The van der Waals surface area contributed by atoms with Crippen LogP contribution in [-0.2, 0) is 15.6 Å². The number of ether oxygens (including phenoxy) is 2. The molecule has 0 saturated heterocycles. The van der Waals surface area contributed by atoms with E-state index in [0.29, 0.717) is 11.3 Å². The Labute approximate surface area is 134 Å². The third-order valence-corrected chi connectivity index (χ3v) is 3.57. The number of rotatable bonds is 4. The fraction of sp³-hybridized carbons (Fsp3) is 0.579. The summed E-state index contributed by atoms with van der Waals surface area (Å²) >= 11 is 0. The van der Waals surface area contributed by atoms with Gasteiger partial charge in [0, 0.05) is 18.2 Å². The molecule has 0 amide bonds. The molecule has 3 heteroatoms. The number of benzene rings is 1. The van der Waals surface area contributed by atoms with Gasteiger partial charge in [0.05, 0.1) is 0 Å². The lowest BCUT2D eigenvalue weighted by Gasteiger charge is -2.29. The predicted octanol–water partition coefficient (Wildman–Crippen LogP) is 3.93. The molecule has 1 rings (SSSR count). The van der Waals surface area contributed by atoms with E-state index in [-0.39, 0.29) is 17.6 Å². The van der Waals surface area contributed by atoms with Crippen molar-refractivity contribution < 1.29 is 14.6 Å². The van der Waals surface area contributed by atoms with E-state index in [1.807, 2.05) is 6.07 Å². The molecule has 0 saturated carbocycles. The van der Waals surface area contributed by atoms with Gasteiger partial charge in [-0.1, -0.05) is 53.5 Å². The molecule has 0 aliphatic heterocycles. The van der Waals surface area contributed by atoms with Gasteiger partial charge < -0.3 is 14.6 Å². The third-order valence-electron chi connectivity index (χ3n) is 3.57. The SMILES string of the molecule is C#CC(O)c1cc(C(C)(C)C)cc(C(C)(C)C)c1OCOC. The summed E-state index contributed by atoms with van der Waals surface area (Å²) < 4.78 is 10.8. The quantitative estimate of drug-likeness (QED) is 0.676. The Kier molecular flexibility index (Phi) is 5.67. The Balaban J connectivity index is 3.66. The van der Waals surface area contributed by atoms with Crippen LogP contribution in [0.5, 0.6) is 5.75 Å². The van der Waals surface area contributed by atoms with Crippen LogP contribution >= 0.6 is 0 Å². The van der Waals surface area contributed by atoms with E-state index in [2.05, 4.69) is 53.5 Å². The van der Waals surface area contributed by atoms with Crippen molar-refractivity contribution in [2.75, 3.05) is 13.9 Å². The van der Waals surface area contributed by atoms with Crippen LogP contribution in [0, 0.1) is 12.3 Å². The lowest BCUT2D eigenvalue weighted by molar-refractivity contribution is 0.0476. The summed E-state index contributed by atoms with van der Waals surface area (Å²) in [5, 5.41) is 10.2. The fourth-order valence-electron chi connectivity index (χ4n) is 2.21. The zero-order valence-corrected chi connectivity index (χ0v) is 14.8. The van der Waals surface area contributed by atoms with Crippen LogP contribution in [0.3, 0.4) is 0 Å². The monoisotopic (exact) mass is 304 g/mol. The lowest BCUT2D eigenvalue weighted by atomic mass is 9.78. The summed E-state index contributed by atoms with van der Waals surface area (Å²) in [6.07, 6.45) is 4.43. The minimum atomic E-state index is -1.00. The maximum absolute atomic E-state index is 10.2. The van der Waals surface area contributed by atoms with E-state index in [0.717, 1.165) is 11.1 Å². The fourth-order valence-corrected chi connectivity index (χ4v) is 2.21. The van der Waals surface area contributed by atoms with E-state index in [4.69, 9.17) is 15.9 Å². The Bertz CT molecular complexity index is 554. The number of hydrogen-bond donors (Lipinski definition) is 1. The Morgan fingerprint density at radius 3 is 2.14 bits per heavy atom. The molecule has 3 nitrogen and oxygen atoms in total. The van der Waals surface area contributed by atoms with Crippen molar-refractivity contribution in [1.29, 1.82) is 0 Å². The maximum atomic E-state index is 10.2. The molecule has 22 heavy (non-hydrogen) atoms. The van der Waals surface area contributed by atoms with Crippen molar-refractivity contribution in [1.82, 2.24) is 0 Å². The summed E-state index contributed by atoms with van der Waals surface area (Å²) in [6.45, 7) is 12.9. The van der Waals surface area contributed by atoms with Gasteiger partial charge in [-0.2, -0.15) is 0 Å². The van der Waals surface area contributed by atoms with Crippen LogP contribution in [0.2, 0.25) is 0 Å². The van der Waals surface area contributed by atoms with Crippen LogP contribution in [-0.4, -0.2) is 19.0 Å². The second kappa shape index (κ2) is 6.73. The molecule has 1 N–H and O–H groups in total. The zero-order chi connectivity index (χ0) is 17.1. The predicted molar refractivity (Wildman–Crippen MR) is 90.1 cm³/mol. The molecule has 1 aromatic carbocycles. The van der Waals surface area contributed by atoms with Gasteiger partial charge in [-0.15, -0.1) is 6.42 Å². The van der Waals surface area contributed by atoms with Crippen LogP contribution in [0.1, 0.15) is 64.3 Å². The first kappa shape index (κ1) is 18.5. The van der Waals surface area contributed by atoms with Gasteiger partial charge in [0.2, 0.25) is 0 Å². The lowest BCUT2D eigenvalue weighted by Crippen LogP contribution is -2.20. The highest BCUT2D eigenvalue weighted by Gasteiger charge is 2.27. The van der Waals surface area contributed by atoms with E-state index in [1.54, 1.807) is 7.11 Å². The molecule has 1 aromatic rings. The molecule has 0 fully saturated rings. The molecule has 1 unspecified atom stereocenters. The molecule has 0 heterocycles. The van der Waals surface area contributed by atoms with Crippen LogP contribution in [0.15, 0.2) is 12.1 Å². The Morgan fingerprint density at radius 2 is 1.73 bits per heavy atom. The molecule has 122 valence electrons. The standard InChI is InChI=1S/C19H28O3/c1-9-16(20)14-10-13(18(2,3)4)11-15(19(5,6)7)17(14)22-12-21-8/h1,10-11,16,20H,12H2,2-8H3. The van der Waals surface area contributed by atoms with Gasteiger partial charge >= 0.3 is 0 Å². The summed E-state index contributed by atoms with van der Waals surface area (Å²) in [7, 11) is 1.57. The van der Waals surface area contributed by atoms with E-state index in [1.165, 1.54) is 0 Å². The maximum Gasteiger partial charge on any atom is 0.188 e. The number of terminal acetylenes is 1. The van der Waals surface area contributed by atoms with Gasteiger partial charge in [-0.3, -0.25) is 0 Å². The summed E-state index contributed by atoms with van der Waals surface area (Å²) in [5.41, 5.74) is 2.56. The summed E-state index contributed by atoms with van der Waals surface area (Å²) in [4.78, 5) is 0. The van der Waals surface area contributed by atoms with E-state index >= 15 is 0 Å². The van der Waals surface area contributed by atoms with Crippen molar-refractivity contribution in [2.45, 2.75) is 58.5 Å². The molecule has 0 spiro atoms. The second-order valence-electron chi connectivity index (χ2n) is 7.56. The van der Waals surface area contributed by atoms with Crippen molar-refractivity contribution in [2.24, 2.45) is 0 Å². The largest absolute Gasteiger partial charge is 0.467 e. The summed E-state index contributed by atoms with van der Waals surface area (Å²) in [6, 6.07) is 4.07. The first-order chi connectivity index (χ1) is 10.0. The van der Waals surface area contributed by atoms with Gasteiger partial charge in [0.25, 0.3) is 0 Å². The van der Waals surface area contributed by atoms with Crippen LogP contribution in [0.25, 0.3) is 0 Å². The molecular weight excluding hydrogens is 276 g/mol. The van der Waals surface area contributed by atoms with Gasteiger partial charge in [0.15, 0.2) is 6.79 Å². The number of aliphatic hydroxyl groups excluding tert-OH is 1. The normalized spacial score (nSPS) is 13.6. The second-order valence-corrected chi connectivity index (χ2v) is 7.56. The van der Waals surface area contributed by atoms with Crippen LogP contribution in [0.4, 0.5) is 0 Å². The van der Waals surface area contributed by atoms with Crippen LogP contribution < -0.4 is 4.74 Å². The first-order valence-corrected chi connectivity index (χ1v) is 7.47. The molecule has 0 aromatic heterocycles. The van der Waals surface area contributed by atoms with E-state index in [9.17, 15) is 5.11 Å². The molecule has 0 aliphatic rings. The number of methoxy groups -OCH3 is 1. The van der Waals surface area contributed by atoms with Crippen molar-refractivity contribution >= 4 is 0 Å². The molecule has 0 aliphatic carbocycles. The highest BCUT2D eigenvalue weighted by atomic mass is 16.7. The highest BCUT2D eigenvalue weighted by molar-refractivity contribution is 5.51. The number of hydrogen-bond acceptors (Lipinski definition) is 3. The first-order valence-electron chi connectivity index (χ1n) is 7.47. The summed E-state index contributed by atoms with van der Waals surface area (Å²) in [5.74, 6) is 3.01.